The van der Waals surface area contributed by atoms with Crippen LogP contribution in [0.5, 0.6) is 0 Å². The van der Waals surface area contributed by atoms with Gasteiger partial charge in [0.2, 0.25) is 0 Å². The van der Waals surface area contributed by atoms with Gasteiger partial charge in [0, 0.05) is 36.5 Å². The number of rotatable bonds is 12. The molecule has 1 aliphatic rings. The van der Waals surface area contributed by atoms with Crippen molar-refractivity contribution in [3.05, 3.63) is 12.3 Å². The monoisotopic (exact) mass is 410 g/mol. The molecule has 0 saturated heterocycles. The minimum atomic E-state index is -5.58. The Balaban J connectivity index is 2.38. The van der Waals surface area contributed by atoms with Crippen LogP contribution in [0.15, 0.2) is 22.3 Å². The zero-order valence-corrected chi connectivity index (χ0v) is 16.8. The van der Waals surface area contributed by atoms with Gasteiger partial charge in [-0.05, 0) is 39.0 Å². The molecule has 1 rings (SSSR count). The van der Waals surface area contributed by atoms with Gasteiger partial charge in [-0.1, -0.05) is 26.8 Å². The number of nitrogens with zero attached hydrogens (tertiary/aromatic N) is 3. The molecule has 0 radical (unpaired) electrons. The molecule has 0 aromatic rings. The van der Waals surface area contributed by atoms with Crippen molar-refractivity contribution in [2.24, 2.45) is 21.8 Å². The first-order valence-electron chi connectivity index (χ1n) is 9.73. The topological polar surface area (TPSA) is 40.0 Å². The van der Waals surface area contributed by atoms with Gasteiger partial charge in [0.1, 0.15) is 6.54 Å². The SMILES string of the molecule is CCN(CC)CCCCNCC1=NC=CC(C=NCC(F)(F)C(F)(F)F)C1C. The van der Waals surface area contributed by atoms with Crippen LogP contribution in [0.1, 0.15) is 33.6 Å². The molecule has 4 nitrogen and oxygen atoms in total. The van der Waals surface area contributed by atoms with Crippen molar-refractivity contribution in [2.75, 3.05) is 39.3 Å². The van der Waals surface area contributed by atoms with Crippen molar-refractivity contribution in [3.8, 4) is 0 Å². The highest BCUT2D eigenvalue weighted by atomic mass is 19.4. The second-order valence-electron chi connectivity index (χ2n) is 6.93. The van der Waals surface area contributed by atoms with Gasteiger partial charge < -0.3 is 10.2 Å². The standard InChI is InChI=1S/C19H31F5N4/c1-4-28(5-2)11-7-6-9-25-13-17-15(3)16(8-10-27-17)12-26-14-18(20,21)19(22,23)24/h8,10,12,15-16,25H,4-7,9,11,13-14H2,1-3H3. The molecule has 0 aromatic carbocycles. The summed E-state index contributed by atoms with van der Waals surface area (Å²) in [6.07, 6.45) is 0.925. The van der Waals surface area contributed by atoms with E-state index in [4.69, 9.17) is 0 Å². The van der Waals surface area contributed by atoms with E-state index in [0.717, 1.165) is 44.7 Å². The van der Waals surface area contributed by atoms with Crippen LogP contribution in [-0.2, 0) is 0 Å². The van der Waals surface area contributed by atoms with Crippen molar-refractivity contribution in [3.63, 3.8) is 0 Å². The van der Waals surface area contributed by atoms with Gasteiger partial charge in [0.25, 0.3) is 0 Å². The van der Waals surface area contributed by atoms with Crippen LogP contribution < -0.4 is 5.32 Å². The normalized spacial score (nSPS) is 21.0. The van der Waals surface area contributed by atoms with E-state index < -0.39 is 18.6 Å². The van der Waals surface area contributed by atoms with Crippen LogP contribution in [0.25, 0.3) is 0 Å². The van der Waals surface area contributed by atoms with Crippen molar-refractivity contribution >= 4 is 11.9 Å². The molecule has 1 N–H and O–H groups in total. The fourth-order valence-electron chi connectivity index (χ4n) is 2.85. The maximum Gasteiger partial charge on any atom is 0.455 e. The second-order valence-corrected chi connectivity index (χ2v) is 6.93. The summed E-state index contributed by atoms with van der Waals surface area (Å²) in [5, 5.41) is 3.32. The second kappa shape index (κ2) is 11.6. The zero-order valence-electron chi connectivity index (χ0n) is 16.8. The van der Waals surface area contributed by atoms with E-state index in [2.05, 4.69) is 34.0 Å². The Morgan fingerprint density at radius 2 is 1.86 bits per heavy atom. The van der Waals surface area contributed by atoms with Crippen molar-refractivity contribution in [1.82, 2.24) is 10.2 Å². The third-order valence-electron chi connectivity index (χ3n) is 4.91. The van der Waals surface area contributed by atoms with E-state index in [-0.39, 0.29) is 11.8 Å². The first kappa shape index (κ1) is 24.7. The number of nitrogens with one attached hydrogen (secondary N) is 1. The fourth-order valence-corrected chi connectivity index (χ4v) is 2.85. The molecule has 0 saturated carbocycles. The van der Waals surface area contributed by atoms with E-state index in [0.29, 0.717) is 6.54 Å². The van der Waals surface area contributed by atoms with Crippen molar-refractivity contribution in [2.45, 2.75) is 45.7 Å². The maximum atomic E-state index is 12.9. The number of halogens is 5. The lowest BCUT2D eigenvalue weighted by Crippen LogP contribution is -2.39. The number of allylic oxidation sites excluding steroid dienone is 1. The summed E-state index contributed by atoms with van der Waals surface area (Å²) in [5.41, 5.74) is 0.838. The van der Waals surface area contributed by atoms with Crippen LogP contribution in [-0.4, -0.2) is 68.2 Å². The molecule has 0 aromatic heterocycles. The molecule has 0 aliphatic carbocycles. The summed E-state index contributed by atoms with van der Waals surface area (Å²) < 4.78 is 62.4. The van der Waals surface area contributed by atoms with Gasteiger partial charge in [0.15, 0.2) is 0 Å². The van der Waals surface area contributed by atoms with Crippen LogP contribution in [0.3, 0.4) is 0 Å². The molecule has 1 heterocycles. The fraction of sp³-hybridized carbons (Fsp3) is 0.789. The lowest BCUT2D eigenvalue weighted by molar-refractivity contribution is -0.276. The summed E-state index contributed by atoms with van der Waals surface area (Å²) in [4.78, 5) is 10.0. The van der Waals surface area contributed by atoms with Gasteiger partial charge in [-0.3, -0.25) is 9.98 Å². The van der Waals surface area contributed by atoms with E-state index in [9.17, 15) is 22.0 Å². The van der Waals surface area contributed by atoms with Crippen LogP contribution in [0.4, 0.5) is 22.0 Å². The molecule has 0 fully saturated rings. The molecular formula is C19H31F5N4. The predicted octanol–water partition coefficient (Wildman–Crippen LogP) is 4.19. The molecule has 0 amide bonds. The summed E-state index contributed by atoms with van der Waals surface area (Å²) in [6, 6.07) is 0. The van der Waals surface area contributed by atoms with Gasteiger partial charge in [-0.25, -0.2) is 0 Å². The highest BCUT2D eigenvalue weighted by Crippen LogP contribution is 2.35. The molecular weight excluding hydrogens is 379 g/mol. The quantitative estimate of drug-likeness (QED) is 0.298. The molecule has 2 unspecified atom stereocenters. The Bertz CT molecular complexity index is 539. The van der Waals surface area contributed by atoms with E-state index in [1.54, 1.807) is 12.3 Å². The number of alkyl halides is 5. The maximum absolute atomic E-state index is 12.9. The van der Waals surface area contributed by atoms with Gasteiger partial charge >= 0.3 is 12.1 Å². The van der Waals surface area contributed by atoms with Crippen molar-refractivity contribution < 1.29 is 22.0 Å². The van der Waals surface area contributed by atoms with Gasteiger partial charge in [-0.2, -0.15) is 22.0 Å². The van der Waals surface area contributed by atoms with Gasteiger partial charge in [0.05, 0.1) is 0 Å². The average molecular weight is 410 g/mol. The molecule has 2 atom stereocenters. The number of unbranched alkanes of at least 4 members (excludes halogenated alkanes) is 1. The van der Waals surface area contributed by atoms with E-state index >= 15 is 0 Å². The zero-order chi connectivity index (χ0) is 21.2. The largest absolute Gasteiger partial charge is 0.455 e. The first-order valence-corrected chi connectivity index (χ1v) is 9.73. The van der Waals surface area contributed by atoms with E-state index in [1.807, 2.05) is 6.92 Å². The summed E-state index contributed by atoms with van der Waals surface area (Å²) in [5.74, 6) is -5.27. The Morgan fingerprint density at radius 3 is 2.46 bits per heavy atom. The van der Waals surface area contributed by atoms with Gasteiger partial charge in [-0.15, -0.1) is 0 Å². The van der Waals surface area contributed by atoms with Crippen LogP contribution >= 0.6 is 0 Å². The summed E-state index contributed by atoms with van der Waals surface area (Å²) in [6.45, 7) is 9.10. The molecule has 0 spiro atoms. The highest BCUT2D eigenvalue weighted by Gasteiger charge is 2.57. The number of hydrogen-bond donors (Lipinski definition) is 1. The lowest BCUT2D eigenvalue weighted by atomic mass is 9.88. The van der Waals surface area contributed by atoms with E-state index in [1.165, 1.54) is 6.21 Å². The highest BCUT2D eigenvalue weighted by molar-refractivity contribution is 5.92. The molecule has 28 heavy (non-hydrogen) atoms. The van der Waals surface area contributed by atoms with Crippen LogP contribution in [0.2, 0.25) is 0 Å². The molecule has 9 heteroatoms. The first-order chi connectivity index (χ1) is 13.1. The Morgan fingerprint density at radius 1 is 1.18 bits per heavy atom. The third kappa shape index (κ3) is 7.95. The van der Waals surface area contributed by atoms with Crippen molar-refractivity contribution in [1.29, 1.82) is 0 Å². The smallest absolute Gasteiger partial charge is 0.311 e. The Hall–Kier alpha value is -1.35. The summed E-state index contributed by atoms with van der Waals surface area (Å²) >= 11 is 0. The van der Waals surface area contributed by atoms with Crippen LogP contribution in [0, 0.1) is 11.8 Å². The summed E-state index contributed by atoms with van der Waals surface area (Å²) in [7, 11) is 0. The Labute approximate surface area is 164 Å². The molecule has 1 aliphatic heterocycles. The molecule has 0 bridgehead atoms. The molecule has 162 valence electrons. The third-order valence-corrected chi connectivity index (χ3v) is 4.91. The average Bonchev–Trinajstić information content (AvgIpc) is 2.62. The number of aliphatic imine (C=N–C) groups is 2. The minimum Gasteiger partial charge on any atom is -0.311 e. The lowest BCUT2D eigenvalue weighted by Gasteiger charge is -2.23. The number of hydrogen-bond acceptors (Lipinski definition) is 4. The predicted molar refractivity (Wildman–Crippen MR) is 103 cm³/mol. The Kier molecular flexibility index (Phi) is 10.2. The minimum absolute atomic E-state index is 0.114.